The van der Waals surface area contributed by atoms with E-state index >= 15 is 0 Å². The van der Waals surface area contributed by atoms with Crippen LogP contribution in [0.25, 0.3) is 0 Å². The van der Waals surface area contributed by atoms with Crippen LogP contribution in [0, 0.1) is 11.3 Å². The van der Waals surface area contributed by atoms with Crippen LogP contribution in [0.4, 0.5) is 5.69 Å². The van der Waals surface area contributed by atoms with E-state index in [4.69, 9.17) is 5.73 Å². The summed E-state index contributed by atoms with van der Waals surface area (Å²) in [5.74, 6) is -0.493. The summed E-state index contributed by atoms with van der Waals surface area (Å²) in [7, 11) is 0. The van der Waals surface area contributed by atoms with Gasteiger partial charge in [-0.3, -0.25) is 14.4 Å². The molecule has 1 unspecified atom stereocenters. The number of primary amides is 1. The Bertz CT molecular complexity index is 926. The van der Waals surface area contributed by atoms with Gasteiger partial charge in [-0.2, -0.15) is 0 Å². The van der Waals surface area contributed by atoms with E-state index in [0.717, 1.165) is 19.3 Å². The van der Waals surface area contributed by atoms with Gasteiger partial charge in [0.2, 0.25) is 5.91 Å². The molecule has 3 rings (SSSR count). The SMILES string of the molecule is CC(C)(C)C1CCc2sc(C(=O)Nc3ccc(C(=O)NCC(N)=O)cc3)cc2C1. The van der Waals surface area contributed by atoms with Crippen LogP contribution in [0.1, 0.15) is 57.7 Å². The van der Waals surface area contributed by atoms with Crippen molar-refractivity contribution in [1.82, 2.24) is 5.32 Å². The van der Waals surface area contributed by atoms with Crippen molar-refractivity contribution in [3.05, 3.63) is 51.2 Å². The summed E-state index contributed by atoms with van der Waals surface area (Å²) >= 11 is 1.57. The average Bonchev–Trinajstić information content (AvgIpc) is 3.09. The normalized spacial score (nSPS) is 16.0. The molecule has 1 aromatic heterocycles. The Morgan fingerprint density at radius 3 is 2.45 bits per heavy atom. The number of fused-ring (bicyclic) bond motifs is 1. The third-order valence-corrected chi connectivity index (χ3v) is 6.60. The molecule has 1 aliphatic rings. The molecule has 1 heterocycles. The highest BCUT2D eigenvalue weighted by Gasteiger charge is 2.30. The molecular formula is C22H27N3O3S. The molecule has 2 aromatic rings. The van der Waals surface area contributed by atoms with Gasteiger partial charge in [-0.05, 0) is 66.5 Å². The highest BCUT2D eigenvalue weighted by molar-refractivity contribution is 7.14. The quantitative estimate of drug-likeness (QED) is 0.700. The van der Waals surface area contributed by atoms with Crippen molar-refractivity contribution in [2.24, 2.45) is 17.1 Å². The third-order valence-electron chi connectivity index (χ3n) is 5.36. The largest absolute Gasteiger partial charge is 0.368 e. The lowest BCUT2D eigenvalue weighted by Crippen LogP contribution is -2.33. The number of hydrogen-bond donors (Lipinski definition) is 3. The number of nitrogens with one attached hydrogen (secondary N) is 2. The van der Waals surface area contributed by atoms with Gasteiger partial charge in [-0.25, -0.2) is 0 Å². The van der Waals surface area contributed by atoms with Crippen molar-refractivity contribution in [2.75, 3.05) is 11.9 Å². The molecule has 0 saturated heterocycles. The Labute approximate surface area is 174 Å². The summed E-state index contributed by atoms with van der Waals surface area (Å²) in [4.78, 5) is 37.4. The minimum Gasteiger partial charge on any atom is -0.368 e. The highest BCUT2D eigenvalue weighted by Crippen LogP contribution is 2.40. The van der Waals surface area contributed by atoms with Crippen molar-refractivity contribution >= 4 is 34.7 Å². The molecule has 154 valence electrons. The zero-order chi connectivity index (χ0) is 21.2. The van der Waals surface area contributed by atoms with Crippen molar-refractivity contribution in [3.63, 3.8) is 0 Å². The molecule has 0 radical (unpaired) electrons. The third kappa shape index (κ3) is 5.23. The van der Waals surface area contributed by atoms with Crippen LogP contribution in [0.5, 0.6) is 0 Å². The van der Waals surface area contributed by atoms with Gasteiger partial charge in [0.15, 0.2) is 0 Å². The first-order valence-electron chi connectivity index (χ1n) is 9.73. The Hall–Kier alpha value is -2.67. The number of carbonyl (C=O) groups excluding carboxylic acids is 3. The number of anilines is 1. The lowest BCUT2D eigenvalue weighted by molar-refractivity contribution is -0.117. The summed E-state index contributed by atoms with van der Waals surface area (Å²) in [5.41, 5.74) is 7.59. The molecule has 0 bridgehead atoms. The zero-order valence-corrected chi connectivity index (χ0v) is 17.8. The minimum absolute atomic E-state index is 0.136. The van der Waals surface area contributed by atoms with E-state index in [1.165, 1.54) is 10.4 Å². The standard InChI is InChI=1S/C22H27N3O3S/c1-22(2,3)15-6-9-17-14(10-15)11-18(29-17)21(28)25-16-7-4-13(5-8-16)20(27)24-12-19(23)26/h4-5,7-8,11,15H,6,9-10,12H2,1-3H3,(H2,23,26)(H,24,27)(H,25,28). The molecule has 6 nitrogen and oxygen atoms in total. The summed E-state index contributed by atoms with van der Waals surface area (Å²) in [5, 5.41) is 5.32. The van der Waals surface area contributed by atoms with Crippen LogP contribution in [0.2, 0.25) is 0 Å². The van der Waals surface area contributed by atoms with Crippen LogP contribution >= 0.6 is 11.3 Å². The predicted molar refractivity (Wildman–Crippen MR) is 115 cm³/mol. The van der Waals surface area contributed by atoms with Gasteiger partial charge >= 0.3 is 0 Å². The molecule has 0 aliphatic heterocycles. The fraction of sp³-hybridized carbons (Fsp3) is 0.409. The van der Waals surface area contributed by atoms with Gasteiger partial charge in [0, 0.05) is 16.1 Å². The molecule has 0 saturated carbocycles. The Kier molecular flexibility index (Phi) is 6.07. The molecule has 1 aromatic carbocycles. The van der Waals surface area contributed by atoms with Gasteiger partial charge < -0.3 is 16.4 Å². The summed E-state index contributed by atoms with van der Waals surface area (Å²) in [6.45, 7) is 6.62. The number of carbonyl (C=O) groups is 3. The number of hydrogen-bond acceptors (Lipinski definition) is 4. The van der Waals surface area contributed by atoms with E-state index in [1.54, 1.807) is 35.6 Å². The van der Waals surface area contributed by atoms with Crippen LogP contribution in [-0.4, -0.2) is 24.3 Å². The Morgan fingerprint density at radius 1 is 1.14 bits per heavy atom. The topological polar surface area (TPSA) is 101 Å². The second kappa shape index (κ2) is 8.37. The molecule has 4 N–H and O–H groups in total. The summed E-state index contributed by atoms with van der Waals surface area (Å²) in [6.07, 6.45) is 3.22. The van der Waals surface area contributed by atoms with Crippen LogP contribution in [-0.2, 0) is 17.6 Å². The average molecular weight is 414 g/mol. The maximum Gasteiger partial charge on any atom is 0.265 e. The van der Waals surface area contributed by atoms with Crippen LogP contribution < -0.4 is 16.4 Å². The van der Waals surface area contributed by atoms with E-state index in [0.29, 0.717) is 22.0 Å². The molecule has 1 atom stereocenters. The second-order valence-electron chi connectivity index (χ2n) is 8.55. The van der Waals surface area contributed by atoms with E-state index in [-0.39, 0.29) is 23.8 Å². The van der Waals surface area contributed by atoms with Crippen molar-refractivity contribution in [3.8, 4) is 0 Å². The number of aryl methyl sites for hydroxylation is 1. The lowest BCUT2D eigenvalue weighted by atomic mass is 9.72. The van der Waals surface area contributed by atoms with Gasteiger partial charge in [0.05, 0.1) is 11.4 Å². The second-order valence-corrected chi connectivity index (χ2v) is 9.68. The number of benzene rings is 1. The maximum absolute atomic E-state index is 12.7. The van der Waals surface area contributed by atoms with E-state index in [1.807, 2.05) is 6.07 Å². The molecule has 1 aliphatic carbocycles. The fourth-order valence-corrected chi connectivity index (χ4v) is 4.65. The number of rotatable bonds is 5. The first-order valence-corrected chi connectivity index (χ1v) is 10.5. The Morgan fingerprint density at radius 2 is 1.83 bits per heavy atom. The minimum atomic E-state index is -0.602. The van der Waals surface area contributed by atoms with Gasteiger partial charge in [0.25, 0.3) is 11.8 Å². The van der Waals surface area contributed by atoms with Gasteiger partial charge in [-0.1, -0.05) is 20.8 Å². The van der Waals surface area contributed by atoms with Gasteiger partial charge in [0.1, 0.15) is 0 Å². The van der Waals surface area contributed by atoms with Crippen molar-refractivity contribution in [2.45, 2.75) is 40.0 Å². The van der Waals surface area contributed by atoms with Crippen LogP contribution in [0.3, 0.4) is 0 Å². The van der Waals surface area contributed by atoms with E-state index < -0.39 is 5.91 Å². The first kappa shape index (κ1) is 21.0. The number of nitrogens with two attached hydrogens (primary N) is 1. The molecule has 29 heavy (non-hydrogen) atoms. The summed E-state index contributed by atoms with van der Waals surface area (Å²) < 4.78 is 0. The van der Waals surface area contributed by atoms with Crippen molar-refractivity contribution < 1.29 is 14.4 Å². The van der Waals surface area contributed by atoms with Crippen molar-refractivity contribution in [1.29, 1.82) is 0 Å². The fourth-order valence-electron chi connectivity index (χ4n) is 3.54. The number of amides is 3. The van der Waals surface area contributed by atoms with E-state index in [9.17, 15) is 14.4 Å². The smallest absolute Gasteiger partial charge is 0.265 e. The first-order chi connectivity index (χ1) is 13.6. The monoisotopic (exact) mass is 413 g/mol. The predicted octanol–water partition coefficient (Wildman–Crippen LogP) is 3.37. The molecule has 0 fully saturated rings. The Balaban J connectivity index is 1.63. The molecule has 0 spiro atoms. The maximum atomic E-state index is 12.7. The molecule has 7 heteroatoms. The molecule has 3 amide bonds. The summed E-state index contributed by atoms with van der Waals surface area (Å²) in [6, 6.07) is 8.55. The molecular weight excluding hydrogens is 386 g/mol. The zero-order valence-electron chi connectivity index (χ0n) is 17.0. The van der Waals surface area contributed by atoms with E-state index in [2.05, 4.69) is 31.4 Å². The van der Waals surface area contributed by atoms with Crippen LogP contribution in [0.15, 0.2) is 30.3 Å². The lowest BCUT2D eigenvalue weighted by Gasteiger charge is -2.33. The number of thiophene rings is 1. The van der Waals surface area contributed by atoms with Gasteiger partial charge in [-0.15, -0.1) is 11.3 Å². The highest BCUT2D eigenvalue weighted by atomic mass is 32.1.